The first-order chi connectivity index (χ1) is 7.74. The number of nitrogens with two attached hydrogens (primary N) is 1. The molecule has 1 aromatic carbocycles. The van der Waals surface area contributed by atoms with Crippen LogP contribution in [0.3, 0.4) is 0 Å². The molecule has 0 heterocycles. The number of benzene rings is 1. The average Bonchev–Trinajstić information content (AvgIpc) is 2.30. The summed E-state index contributed by atoms with van der Waals surface area (Å²) in [5.41, 5.74) is 5.97. The van der Waals surface area contributed by atoms with Gasteiger partial charge in [-0.25, -0.2) is 0 Å². The quantitative estimate of drug-likeness (QED) is 0.880. The first-order valence-electron chi connectivity index (χ1n) is 5.89. The molecule has 3 heteroatoms. The Balaban J connectivity index is 2.11. The summed E-state index contributed by atoms with van der Waals surface area (Å²) in [5, 5.41) is 0.813. The van der Waals surface area contributed by atoms with Crippen LogP contribution in [0.1, 0.15) is 32.1 Å². The molecule has 1 aliphatic carbocycles. The van der Waals surface area contributed by atoms with Gasteiger partial charge in [-0.15, -0.1) is 11.8 Å². The zero-order valence-electron chi connectivity index (χ0n) is 9.42. The van der Waals surface area contributed by atoms with Crippen LogP contribution in [0.5, 0.6) is 0 Å². The van der Waals surface area contributed by atoms with Gasteiger partial charge in [-0.2, -0.15) is 0 Å². The van der Waals surface area contributed by atoms with Crippen LogP contribution >= 0.6 is 23.4 Å². The molecular formula is C13H18ClNS. The third-order valence-electron chi connectivity index (χ3n) is 3.27. The highest BCUT2D eigenvalue weighted by atomic mass is 35.5. The Labute approximate surface area is 107 Å². The summed E-state index contributed by atoms with van der Waals surface area (Å²) in [6.07, 6.45) is 6.45. The molecule has 1 saturated carbocycles. The molecule has 0 atom stereocenters. The average molecular weight is 256 g/mol. The van der Waals surface area contributed by atoms with E-state index in [2.05, 4.69) is 6.07 Å². The van der Waals surface area contributed by atoms with Gasteiger partial charge in [-0.3, -0.25) is 0 Å². The highest BCUT2D eigenvalue weighted by molar-refractivity contribution is 8.00. The summed E-state index contributed by atoms with van der Waals surface area (Å²) in [6.45, 7) is 0.768. The molecule has 88 valence electrons. The lowest BCUT2D eigenvalue weighted by molar-refractivity contribution is 0.404. The van der Waals surface area contributed by atoms with Crippen LogP contribution in [0, 0.1) is 0 Å². The molecule has 0 spiro atoms. The fraction of sp³-hybridized carbons (Fsp3) is 0.538. The van der Waals surface area contributed by atoms with E-state index in [0.29, 0.717) is 0 Å². The molecule has 2 rings (SSSR count). The van der Waals surface area contributed by atoms with Crippen LogP contribution in [-0.2, 0) is 0 Å². The van der Waals surface area contributed by atoms with E-state index in [1.54, 1.807) is 0 Å². The summed E-state index contributed by atoms with van der Waals surface area (Å²) in [7, 11) is 0. The van der Waals surface area contributed by atoms with Crippen molar-refractivity contribution in [2.45, 2.75) is 41.7 Å². The molecule has 16 heavy (non-hydrogen) atoms. The van der Waals surface area contributed by atoms with Gasteiger partial charge in [-0.05, 0) is 31.0 Å². The van der Waals surface area contributed by atoms with Crippen LogP contribution in [-0.4, -0.2) is 11.3 Å². The van der Waals surface area contributed by atoms with E-state index in [0.717, 1.165) is 11.6 Å². The lowest BCUT2D eigenvalue weighted by atomic mass is 9.88. The van der Waals surface area contributed by atoms with Gasteiger partial charge < -0.3 is 5.73 Å². The first kappa shape index (κ1) is 12.3. The molecule has 0 saturated heterocycles. The summed E-state index contributed by atoms with van der Waals surface area (Å²) in [4.78, 5) is 1.25. The van der Waals surface area contributed by atoms with Crippen LogP contribution in [0.2, 0.25) is 5.02 Å². The second kappa shape index (κ2) is 5.44. The Morgan fingerprint density at radius 1 is 1.25 bits per heavy atom. The minimum absolute atomic E-state index is 0.253. The Morgan fingerprint density at radius 3 is 2.62 bits per heavy atom. The predicted octanol–water partition coefficient (Wildman–Crippen LogP) is 4.09. The van der Waals surface area contributed by atoms with E-state index in [1.165, 1.54) is 37.0 Å². The summed E-state index contributed by atoms with van der Waals surface area (Å²) < 4.78 is 0.253. The Morgan fingerprint density at radius 2 is 2.00 bits per heavy atom. The van der Waals surface area contributed by atoms with Gasteiger partial charge in [0, 0.05) is 21.2 Å². The van der Waals surface area contributed by atoms with Crippen LogP contribution in [0.25, 0.3) is 0 Å². The zero-order chi connectivity index (χ0) is 11.4. The second-order valence-electron chi connectivity index (χ2n) is 4.51. The molecule has 0 aromatic heterocycles. The minimum Gasteiger partial charge on any atom is -0.329 e. The molecule has 1 aliphatic rings. The number of hydrogen-bond acceptors (Lipinski definition) is 2. The van der Waals surface area contributed by atoms with E-state index in [1.807, 2.05) is 30.0 Å². The van der Waals surface area contributed by atoms with Gasteiger partial charge in [0.2, 0.25) is 0 Å². The smallest absolute Gasteiger partial charge is 0.0417 e. The third-order valence-corrected chi connectivity index (χ3v) is 5.00. The first-order valence-corrected chi connectivity index (χ1v) is 7.08. The normalized spacial score (nSPS) is 19.6. The fourth-order valence-electron chi connectivity index (χ4n) is 2.32. The van der Waals surface area contributed by atoms with Gasteiger partial charge in [0.15, 0.2) is 0 Å². The van der Waals surface area contributed by atoms with Crippen LogP contribution in [0.15, 0.2) is 29.2 Å². The van der Waals surface area contributed by atoms with Crippen molar-refractivity contribution in [3.8, 4) is 0 Å². The van der Waals surface area contributed by atoms with Gasteiger partial charge in [-0.1, -0.05) is 36.9 Å². The van der Waals surface area contributed by atoms with Crippen molar-refractivity contribution in [1.29, 1.82) is 0 Å². The monoisotopic (exact) mass is 255 g/mol. The maximum atomic E-state index is 6.01. The van der Waals surface area contributed by atoms with E-state index in [9.17, 15) is 0 Å². The molecule has 2 N–H and O–H groups in total. The standard InChI is InChI=1S/C13H18ClNS/c14-11-5-4-6-12(9-11)16-13(10-15)7-2-1-3-8-13/h4-6,9H,1-3,7-8,10,15H2. The summed E-state index contributed by atoms with van der Waals surface area (Å²) >= 11 is 7.92. The minimum atomic E-state index is 0.253. The molecule has 1 nitrogen and oxygen atoms in total. The van der Waals surface area contributed by atoms with Gasteiger partial charge >= 0.3 is 0 Å². The number of thioether (sulfide) groups is 1. The second-order valence-corrected chi connectivity index (χ2v) is 6.49. The summed E-state index contributed by atoms with van der Waals surface area (Å²) in [6, 6.07) is 8.10. The van der Waals surface area contributed by atoms with Crippen molar-refractivity contribution in [2.75, 3.05) is 6.54 Å². The van der Waals surface area contributed by atoms with Crippen LogP contribution < -0.4 is 5.73 Å². The van der Waals surface area contributed by atoms with Crippen molar-refractivity contribution in [3.63, 3.8) is 0 Å². The lowest BCUT2D eigenvalue weighted by Crippen LogP contribution is -2.36. The topological polar surface area (TPSA) is 26.0 Å². The molecule has 1 aromatic rings. The Bertz CT molecular complexity index is 348. The fourth-order valence-corrected chi connectivity index (χ4v) is 3.99. The molecule has 0 unspecified atom stereocenters. The predicted molar refractivity (Wildman–Crippen MR) is 72.2 cm³/mol. The number of hydrogen-bond donors (Lipinski definition) is 1. The number of rotatable bonds is 3. The van der Waals surface area contributed by atoms with Gasteiger partial charge in [0.1, 0.15) is 0 Å². The van der Waals surface area contributed by atoms with E-state index in [-0.39, 0.29) is 4.75 Å². The molecule has 0 amide bonds. The highest BCUT2D eigenvalue weighted by Crippen LogP contribution is 2.43. The Kier molecular flexibility index (Phi) is 4.17. The molecule has 0 aliphatic heterocycles. The molecular weight excluding hydrogens is 238 g/mol. The lowest BCUT2D eigenvalue weighted by Gasteiger charge is -2.35. The van der Waals surface area contributed by atoms with E-state index >= 15 is 0 Å². The summed E-state index contributed by atoms with van der Waals surface area (Å²) in [5.74, 6) is 0. The molecule has 0 radical (unpaired) electrons. The van der Waals surface area contributed by atoms with Crippen LogP contribution in [0.4, 0.5) is 0 Å². The van der Waals surface area contributed by atoms with Crippen molar-refractivity contribution >= 4 is 23.4 Å². The van der Waals surface area contributed by atoms with E-state index in [4.69, 9.17) is 17.3 Å². The maximum Gasteiger partial charge on any atom is 0.0417 e. The number of halogens is 1. The molecule has 0 bridgehead atoms. The Hall–Kier alpha value is -0.180. The maximum absolute atomic E-state index is 6.01. The largest absolute Gasteiger partial charge is 0.329 e. The highest BCUT2D eigenvalue weighted by Gasteiger charge is 2.31. The molecule has 1 fully saturated rings. The van der Waals surface area contributed by atoms with Crippen molar-refractivity contribution in [3.05, 3.63) is 29.3 Å². The van der Waals surface area contributed by atoms with Crippen molar-refractivity contribution in [1.82, 2.24) is 0 Å². The third kappa shape index (κ3) is 2.93. The zero-order valence-corrected chi connectivity index (χ0v) is 11.0. The van der Waals surface area contributed by atoms with Crippen molar-refractivity contribution in [2.24, 2.45) is 5.73 Å². The van der Waals surface area contributed by atoms with Gasteiger partial charge in [0.25, 0.3) is 0 Å². The SMILES string of the molecule is NCC1(Sc2cccc(Cl)c2)CCCCC1. The van der Waals surface area contributed by atoms with Crippen molar-refractivity contribution < 1.29 is 0 Å². The van der Waals surface area contributed by atoms with E-state index < -0.39 is 0 Å². The van der Waals surface area contributed by atoms with Gasteiger partial charge in [0.05, 0.1) is 0 Å².